The third-order valence-corrected chi connectivity index (χ3v) is 4.92. The molecule has 3 heteroatoms. The van der Waals surface area contributed by atoms with Crippen molar-refractivity contribution in [2.75, 3.05) is 5.32 Å². The quantitative estimate of drug-likeness (QED) is 0.778. The van der Waals surface area contributed by atoms with Gasteiger partial charge in [0.25, 0.3) is 0 Å². The molecular weight excluding hydrogens is 298 g/mol. The second kappa shape index (κ2) is 6.10. The molecule has 1 aromatic carbocycles. The molecule has 1 nitrogen and oxygen atoms in total. The van der Waals surface area contributed by atoms with Crippen molar-refractivity contribution >= 4 is 33.2 Å². The van der Waals surface area contributed by atoms with Gasteiger partial charge in [-0.2, -0.15) is 0 Å². The zero-order valence-electron chi connectivity index (χ0n) is 10.2. The molecule has 1 aromatic rings. The van der Waals surface area contributed by atoms with E-state index in [-0.39, 0.29) is 0 Å². The fourth-order valence-electron chi connectivity index (χ4n) is 2.69. The highest BCUT2D eigenvalue weighted by Gasteiger charge is 2.23. The van der Waals surface area contributed by atoms with E-state index in [9.17, 15) is 0 Å². The van der Waals surface area contributed by atoms with E-state index in [4.69, 9.17) is 11.6 Å². The zero-order chi connectivity index (χ0) is 12.3. The monoisotopic (exact) mass is 315 g/mol. The summed E-state index contributed by atoms with van der Waals surface area (Å²) < 4.78 is 0.966. The maximum Gasteiger partial charge on any atom is 0.0549 e. The highest BCUT2D eigenvalue weighted by Crippen LogP contribution is 2.31. The van der Waals surface area contributed by atoms with Crippen LogP contribution in [0.2, 0.25) is 5.02 Å². The standard InChI is InChI=1S/C14H19BrClN/c1-2-10-5-3-4-6-14(10)17-11-7-8-13(16)12(15)9-11/h7-10,14,17H,2-6H2,1H3. The van der Waals surface area contributed by atoms with Crippen molar-refractivity contribution in [3.63, 3.8) is 0 Å². The van der Waals surface area contributed by atoms with Crippen molar-refractivity contribution in [1.82, 2.24) is 0 Å². The van der Waals surface area contributed by atoms with E-state index in [0.717, 1.165) is 15.4 Å². The first-order valence-corrected chi connectivity index (χ1v) is 7.59. The summed E-state index contributed by atoms with van der Waals surface area (Å²) in [5, 5.41) is 4.43. The molecule has 1 aliphatic carbocycles. The molecule has 17 heavy (non-hydrogen) atoms. The zero-order valence-corrected chi connectivity index (χ0v) is 12.5. The Hall–Kier alpha value is -0.210. The normalized spacial score (nSPS) is 24.6. The molecule has 0 radical (unpaired) electrons. The molecule has 0 heterocycles. The summed E-state index contributed by atoms with van der Waals surface area (Å²) in [5.41, 5.74) is 1.17. The number of hydrogen-bond acceptors (Lipinski definition) is 1. The van der Waals surface area contributed by atoms with Gasteiger partial charge >= 0.3 is 0 Å². The Morgan fingerprint density at radius 3 is 2.82 bits per heavy atom. The fraction of sp³-hybridized carbons (Fsp3) is 0.571. The van der Waals surface area contributed by atoms with Gasteiger partial charge in [-0.25, -0.2) is 0 Å². The van der Waals surface area contributed by atoms with Crippen molar-refractivity contribution < 1.29 is 0 Å². The van der Waals surface area contributed by atoms with Crippen LogP contribution in [-0.4, -0.2) is 6.04 Å². The van der Waals surface area contributed by atoms with Gasteiger partial charge in [0.05, 0.1) is 5.02 Å². The second-order valence-electron chi connectivity index (χ2n) is 4.83. The number of rotatable bonds is 3. The van der Waals surface area contributed by atoms with Crippen molar-refractivity contribution in [3.8, 4) is 0 Å². The molecule has 1 N–H and O–H groups in total. The molecule has 94 valence electrons. The smallest absolute Gasteiger partial charge is 0.0549 e. The lowest BCUT2D eigenvalue weighted by Gasteiger charge is -2.32. The Labute approximate surface area is 117 Å². The maximum atomic E-state index is 6.00. The van der Waals surface area contributed by atoms with Crippen LogP contribution in [0.4, 0.5) is 5.69 Å². The maximum absolute atomic E-state index is 6.00. The summed E-state index contributed by atoms with van der Waals surface area (Å²) in [6.07, 6.45) is 6.66. The van der Waals surface area contributed by atoms with E-state index in [2.05, 4.69) is 40.3 Å². The minimum absolute atomic E-state index is 0.627. The molecule has 0 bridgehead atoms. The van der Waals surface area contributed by atoms with E-state index < -0.39 is 0 Å². The van der Waals surface area contributed by atoms with Gasteiger partial charge in [0.1, 0.15) is 0 Å². The van der Waals surface area contributed by atoms with Crippen LogP contribution in [0.25, 0.3) is 0 Å². The van der Waals surface area contributed by atoms with Crippen LogP contribution in [0.15, 0.2) is 22.7 Å². The van der Waals surface area contributed by atoms with Crippen LogP contribution in [0.3, 0.4) is 0 Å². The van der Waals surface area contributed by atoms with E-state index in [1.165, 1.54) is 37.8 Å². The van der Waals surface area contributed by atoms with E-state index in [0.29, 0.717) is 6.04 Å². The Morgan fingerprint density at radius 2 is 2.12 bits per heavy atom. The van der Waals surface area contributed by atoms with E-state index in [1.54, 1.807) is 0 Å². The third kappa shape index (κ3) is 3.38. The Kier molecular flexibility index (Phi) is 4.75. The number of nitrogens with one attached hydrogen (secondary N) is 1. The Morgan fingerprint density at radius 1 is 1.35 bits per heavy atom. The van der Waals surface area contributed by atoms with Gasteiger partial charge in [-0.05, 0) is 52.9 Å². The lowest BCUT2D eigenvalue weighted by atomic mass is 9.83. The fourth-order valence-corrected chi connectivity index (χ4v) is 3.18. The molecule has 2 atom stereocenters. The van der Waals surface area contributed by atoms with Gasteiger partial charge in [-0.15, -0.1) is 0 Å². The van der Waals surface area contributed by atoms with Crippen LogP contribution >= 0.6 is 27.5 Å². The highest BCUT2D eigenvalue weighted by molar-refractivity contribution is 9.10. The number of hydrogen-bond donors (Lipinski definition) is 1. The summed E-state index contributed by atoms with van der Waals surface area (Å²) in [7, 11) is 0. The number of anilines is 1. The SMILES string of the molecule is CCC1CCCCC1Nc1ccc(Cl)c(Br)c1. The van der Waals surface area contributed by atoms with Gasteiger partial charge in [0.15, 0.2) is 0 Å². The second-order valence-corrected chi connectivity index (χ2v) is 6.09. The summed E-state index contributed by atoms with van der Waals surface area (Å²) in [4.78, 5) is 0. The molecule has 1 fully saturated rings. The van der Waals surface area contributed by atoms with Crippen molar-refractivity contribution in [2.45, 2.75) is 45.1 Å². The Balaban J connectivity index is 2.05. The topological polar surface area (TPSA) is 12.0 Å². The molecule has 0 amide bonds. The first-order valence-electron chi connectivity index (χ1n) is 6.42. The van der Waals surface area contributed by atoms with Crippen LogP contribution in [0.5, 0.6) is 0 Å². The van der Waals surface area contributed by atoms with Gasteiger partial charge in [0, 0.05) is 16.2 Å². The highest BCUT2D eigenvalue weighted by atomic mass is 79.9. The molecule has 0 aliphatic heterocycles. The number of benzene rings is 1. The first-order chi connectivity index (χ1) is 8.20. The Bertz CT molecular complexity index is 380. The minimum atomic E-state index is 0.627. The predicted octanol–water partition coefficient (Wildman–Crippen LogP) is 5.48. The summed E-state index contributed by atoms with van der Waals surface area (Å²) in [6, 6.07) is 6.71. The molecule has 0 saturated heterocycles. The molecule has 0 aromatic heterocycles. The molecule has 2 rings (SSSR count). The minimum Gasteiger partial charge on any atom is -0.382 e. The molecule has 1 aliphatic rings. The molecule has 0 spiro atoms. The van der Waals surface area contributed by atoms with Crippen LogP contribution in [0, 0.1) is 5.92 Å². The van der Waals surface area contributed by atoms with Gasteiger partial charge < -0.3 is 5.32 Å². The van der Waals surface area contributed by atoms with Crippen LogP contribution in [-0.2, 0) is 0 Å². The average Bonchev–Trinajstić information content (AvgIpc) is 2.34. The molecule has 2 unspecified atom stereocenters. The average molecular weight is 317 g/mol. The lowest BCUT2D eigenvalue weighted by Crippen LogP contribution is -2.31. The van der Waals surface area contributed by atoms with Crippen LogP contribution < -0.4 is 5.32 Å². The summed E-state index contributed by atoms with van der Waals surface area (Å²) in [5.74, 6) is 0.818. The third-order valence-electron chi connectivity index (χ3n) is 3.71. The molecule has 1 saturated carbocycles. The lowest BCUT2D eigenvalue weighted by molar-refractivity contribution is 0.317. The summed E-state index contributed by atoms with van der Waals surface area (Å²) in [6.45, 7) is 2.29. The van der Waals surface area contributed by atoms with E-state index >= 15 is 0 Å². The van der Waals surface area contributed by atoms with Crippen LogP contribution in [0.1, 0.15) is 39.0 Å². The summed E-state index contributed by atoms with van der Waals surface area (Å²) >= 11 is 9.48. The predicted molar refractivity (Wildman–Crippen MR) is 78.8 cm³/mol. The van der Waals surface area contributed by atoms with Crippen molar-refractivity contribution in [2.24, 2.45) is 5.92 Å². The van der Waals surface area contributed by atoms with Gasteiger partial charge in [0.2, 0.25) is 0 Å². The van der Waals surface area contributed by atoms with E-state index in [1.807, 2.05) is 6.07 Å². The van der Waals surface area contributed by atoms with Crippen molar-refractivity contribution in [1.29, 1.82) is 0 Å². The van der Waals surface area contributed by atoms with Gasteiger partial charge in [-0.3, -0.25) is 0 Å². The first kappa shape index (κ1) is 13.2. The number of halogens is 2. The van der Waals surface area contributed by atoms with Gasteiger partial charge in [-0.1, -0.05) is 37.8 Å². The largest absolute Gasteiger partial charge is 0.382 e. The molecular formula is C14H19BrClN. The van der Waals surface area contributed by atoms with Crippen molar-refractivity contribution in [3.05, 3.63) is 27.7 Å².